The molecule has 0 heterocycles. The maximum Gasteiger partial charge on any atom is 0.339 e. The molecule has 0 unspecified atom stereocenters. The van der Waals surface area contributed by atoms with Crippen LogP contribution in [0.2, 0.25) is 0 Å². The summed E-state index contributed by atoms with van der Waals surface area (Å²) in [5, 5.41) is 46.8. The summed E-state index contributed by atoms with van der Waals surface area (Å²) < 4.78 is 5.19. The second-order valence-electron chi connectivity index (χ2n) is 8.86. The molecule has 15 nitrogen and oxygen atoms in total. The number of benzene rings is 3. The van der Waals surface area contributed by atoms with Crippen LogP contribution in [0.15, 0.2) is 54.6 Å². The van der Waals surface area contributed by atoms with Crippen LogP contribution < -0.4 is 5.32 Å². The maximum absolute atomic E-state index is 13.1. The summed E-state index contributed by atoms with van der Waals surface area (Å²) in [7, 11) is 0. The standard InChI is InChI=1S/C26H20N4O11/c31-13-20(14-5-2-1-3-6-14)27-22(32)7-4-8-41-26(34)19-11-15(28(35)36)9-17-23(19)24-18(25(17)33)10-16(29(37)38)12-21(24)30(39)40/h1-3,5-6,9-12,20,31H,4,7-8,13H2,(H,27,32)/t20-/m0/s1. The fraction of sp³-hybridized carbons (Fsp3) is 0.192. The third kappa shape index (κ3) is 5.74. The van der Waals surface area contributed by atoms with E-state index in [-0.39, 0.29) is 31.6 Å². The number of esters is 1. The SMILES string of the molecule is O=C(CCCOC(=O)c1cc([N+](=O)[O-])cc2c1-c1c(cc([N+](=O)[O-])cc1[N+](=O)[O-])C2=O)N[C@@H](CO)c1ccccc1. The third-order valence-corrected chi connectivity index (χ3v) is 6.30. The zero-order chi connectivity index (χ0) is 29.8. The molecule has 0 aliphatic heterocycles. The number of carbonyl (C=O) groups excluding carboxylic acids is 3. The summed E-state index contributed by atoms with van der Waals surface area (Å²) in [6, 6.07) is 11.1. The van der Waals surface area contributed by atoms with E-state index in [9.17, 15) is 49.8 Å². The molecule has 2 N–H and O–H groups in total. The van der Waals surface area contributed by atoms with Gasteiger partial charge in [0.15, 0.2) is 5.78 Å². The van der Waals surface area contributed by atoms with E-state index in [1.807, 2.05) is 0 Å². The average Bonchev–Trinajstić information content (AvgIpc) is 3.24. The van der Waals surface area contributed by atoms with Crippen molar-refractivity contribution in [3.63, 3.8) is 0 Å². The highest BCUT2D eigenvalue weighted by Gasteiger charge is 2.40. The van der Waals surface area contributed by atoms with Gasteiger partial charge in [-0.1, -0.05) is 30.3 Å². The van der Waals surface area contributed by atoms with Gasteiger partial charge in [-0.15, -0.1) is 0 Å². The first kappa shape index (κ1) is 28.4. The number of ether oxygens (including phenoxy) is 1. The first-order chi connectivity index (χ1) is 19.5. The van der Waals surface area contributed by atoms with Crippen LogP contribution in [0.4, 0.5) is 17.1 Å². The van der Waals surface area contributed by atoms with Crippen molar-refractivity contribution < 1.29 is 39.0 Å². The molecule has 1 aliphatic carbocycles. The van der Waals surface area contributed by atoms with E-state index in [2.05, 4.69) is 5.32 Å². The first-order valence-electron chi connectivity index (χ1n) is 12.0. The van der Waals surface area contributed by atoms with Gasteiger partial charge in [-0.2, -0.15) is 0 Å². The van der Waals surface area contributed by atoms with Gasteiger partial charge in [-0.05, 0) is 12.0 Å². The van der Waals surface area contributed by atoms with E-state index in [1.165, 1.54) is 0 Å². The molecule has 0 spiro atoms. The van der Waals surface area contributed by atoms with E-state index in [4.69, 9.17) is 4.74 Å². The molecule has 0 aromatic heterocycles. The van der Waals surface area contributed by atoms with Crippen LogP contribution >= 0.6 is 0 Å². The van der Waals surface area contributed by atoms with Crippen molar-refractivity contribution in [3.05, 3.63) is 107 Å². The Morgan fingerprint density at radius 3 is 2.07 bits per heavy atom. The van der Waals surface area contributed by atoms with Gasteiger partial charge in [0, 0.05) is 41.3 Å². The van der Waals surface area contributed by atoms with E-state index in [0.717, 1.165) is 18.2 Å². The molecule has 3 aromatic carbocycles. The molecular weight excluding hydrogens is 544 g/mol. The topological polar surface area (TPSA) is 222 Å². The lowest BCUT2D eigenvalue weighted by Crippen LogP contribution is -2.30. The molecule has 0 saturated carbocycles. The van der Waals surface area contributed by atoms with Gasteiger partial charge in [0.2, 0.25) is 5.91 Å². The van der Waals surface area contributed by atoms with Gasteiger partial charge in [-0.3, -0.25) is 39.9 Å². The van der Waals surface area contributed by atoms with Crippen molar-refractivity contribution in [1.82, 2.24) is 5.32 Å². The summed E-state index contributed by atoms with van der Waals surface area (Å²) in [6.45, 7) is -0.680. The lowest BCUT2D eigenvalue weighted by atomic mass is 9.97. The van der Waals surface area contributed by atoms with Gasteiger partial charge in [-0.25, -0.2) is 4.79 Å². The Balaban J connectivity index is 1.56. The first-order valence-corrected chi connectivity index (χ1v) is 12.0. The monoisotopic (exact) mass is 564 g/mol. The quantitative estimate of drug-likeness (QED) is 0.116. The summed E-state index contributed by atoms with van der Waals surface area (Å²) in [5.74, 6) is -2.57. The minimum atomic E-state index is -1.16. The number of aliphatic hydroxyl groups is 1. The smallest absolute Gasteiger partial charge is 0.339 e. The van der Waals surface area contributed by atoms with E-state index in [0.29, 0.717) is 11.6 Å². The molecular formula is C26H20N4O11. The molecule has 1 amide bonds. The molecule has 1 aliphatic rings. The number of nitro groups is 3. The Morgan fingerprint density at radius 2 is 1.49 bits per heavy atom. The molecule has 0 radical (unpaired) electrons. The number of nitrogens with one attached hydrogen (secondary N) is 1. The van der Waals surface area contributed by atoms with Crippen LogP contribution in [0.5, 0.6) is 0 Å². The molecule has 4 rings (SSSR count). The highest BCUT2D eigenvalue weighted by molar-refractivity contribution is 6.26. The number of hydrogen-bond donors (Lipinski definition) is 2. The van der Waals surface area contributed by atoms with Crippen molar-refractivity contribution in [2.24, 2.45) is 0 Å². The van der Waals surface area contributed by atoms with Crippen molar-refractivity contribution in [2.75, 3.05) is 13.2 Å². The maximum atomic E-state index is 13.1. The number of nitrogens with zero attached hydrogens (tertiary/aromatic N) is 3. The van der Waals surface area contributed by atoms with Crippen LogP contribution in [0.3, 0.4) is 0 Å². The minimum Gasteiger partial charge on any atom is -0.462 e. The fourth-order valence-corrected chi connectivity index (χ4v) is 4.45. The largest absolute Gasteiger partial charge is 0.462 e. The minimum absolute atomic E-state index is 0.0174. The van der Waals surface area contributed by atoms with Crippen LogP contribution in [0.1, 0.15) is 50.7 Å². The Bertz CT molecular complexity index is 1600. The van der Waals surface area contributed by atoms with E-state index >= 15 is 0 Å². The number of aliphatic hydroxyl groups excluding tert-OH is 1. The second-order valence-corrected chi connectivity index (χ2v) is 8.86. The Hall–Kier alpha value is -5.57. The highest BCUT2D eigenvalue weighted by atomic mass is 16.6. The fourth-order valence-electron chi connectivity index (χ4n) is 4.45. The van der Waals surface area contributed by atoms with Crippen molar-refractivity contribution >= 4 is 34.7 Å². The summed E-state index contributed by atoms with van der Waals surface area (Å²) in [4.78, 5) is 70.2. The van der Waals surface area contributed by atoms with Crippen LogP contribution in [0.25, 0.3) is 11.1 Å². The van der Waals surface area contributed by atoms with Crippen LogP contribution in [0, 0.1) is 30.3 Å². The zero-order valence-electron chi connectivity index (χ0n) is 21.0. The molecule has 0 fully saturated rings. The van der Waals surface area contributed by atoms with Crippen molar-refractivity contribution in [3.8, 4) is 11.1 Å². The molecule has 1 atom stereocenters. The number of amides is 1. The Labute approximate surface area is 229 Å². The highest BCUT2D eigenvalue weighted by Crippen LogP contribution is 2.47. The molecule has 3 aromatic rings. The van der Waals surface area contributed by atoms with Gasteiger partial charge in [0.05, 0.1) is 51.2 Å². The van der Waals surface area contributed by atoms with Crippen LogP contribution in [-0.4, -0.2) is 50.7 Å². The number of carbonyl (C=O) groups is 3. The van der Waals surface area contributed by atoms with Gasteiger partial charge < -0.3 is 15.2 Å². The van der Waals surface area contributed by atoms with Crippen molar-refractivity contribution in [2.45, 2.75) is 18.9 Å². The molecule has 15 heteroatoms. The molecule has 210 valence electrons. The summed E-state index contributed by atoms with van der Waals surface area (Å²) in [5.41, 5.74) is -3.67. The number of non-ortho nitro benzene ring substituents is 2. The Morgan fingerprint density at radius 1 is 0.878 bits per heavy atom. The lowest BCUT2D eigenvalue weighted by Gasteiger charge is -2.16. The van der Waals surface area contributed by atoms with Crippen molar-refractivity contribution in [1.29, 1.82) is 0 Å². The second kappa shape index (κ2) is 11.7. The molecule has 0 saturated heterocycles. The molecule has 0 bridgehead atoms. The summed E-state index contributed by atoms with van der Waals surface area (Å²) in [6.07, 6.45) is -0.0936. The van der Waals surface area contributed by atoms with Gasteiger partial charge in [0.25, 0.3) is 17.1 Å². The van der Waals surface area contributed by atoms with Gasteiger partial charge in [0.1, 0.15) is 0 Å². The third-order valence-electron chi connectivity index (χ3n) is 6.30. The Kier molecular flexibility index (Phi) is 8.09. The number of hydrogen-bond acceptors (Lipinski definition) is 11. The van der Waals surface area contributed by atoms with Gasteiger partial charge >= 0.3 is 5.97 Å². The summed E-state index contributed by atoms with van der Waals surface area (Å²) >= 11 is 0. The average molecular weight is 564 g/mol. The number of rotatable bonds is 11. The van der Waals surface area contributed by atoms with Crippen LogP contribution in [-0.2, 0) is 9.53 Å². The number of ketones is 1. The van der Waals surface area contributed by atoms with E-state index in [1.54, 1.807) is 30.3 Å². The van der Waals surface area contributed by atoms with E-state index < -0.39 is 77.8 Å². The molecule has 41 heavy (non-hydrogen) atoms. The number of nitro benzene ring substituents is 3. The normalized spacial score (nSPS) is 12.2. The predicted octanol–water partition coefficient (Wildman–Crippen LogP) is 3.41. The lowest BCUT2D eigenvalue weighted by molar-refractivity contribution is -0.393. The predicted molar refractivity (Wildman–Crippen MR) is 139 cm³/mol. The number of fused-ring (bicyclic) bond motifs is 3. The zero-order valence-corrected chi connectivity index (χ0v) is 21.0.